The van der Waals surface area contributed by atoms with Gasteiger partial charge in [-0.2, -0.15) is 0 Å². The predicted octanol–water partition coefficient (Wildman–Crippen LogP) is 1.21. The third-order valence-electron chi connectivity index (χ3n) is 2.92. The van der Waals surface area contributed by atoms with Gasteiger partial charge in [-0.25, -0.2) is 0 Å². The van der Waals surface area contributed by atoms with Gasteiger partial charge in [-0.05, 0) is 12.8 Å². The SMILES string of the molecule is CC(C)C[C@@H]([NH2+][C@@H](C)C(N)=O)c1ccccc1. The van der Waals surface area contributed by atoms with E-state index in [9.17, 15) is 4.79 Å². The number of carbonyl (C=O) groups is 1. The summed E-state index contributed by atoms with van der Waals surface area (Å²) in [5, 5.41) is 2.07. The maximum atomic E-state index is 11.1. The second-order valence-electron chi connectivity index (χ2n) is 5.03. The van der Waals surface area contributed by atoms with Gasteiger partial charge in [-0.3, -0.25) is 4.79 Å². The molecule has 0 heterocycles. The van der Waals surface area contributed by atoms with Crippen molar-refractivity contribution in [3.63, 3.8) is 0 Å². The molecule has 0 radical (unpaired) electrons. The minimum absolute atomic E-state index is 0.182. The molecule has 2 atom stereocenters. The van der Waals surface area contributed by atoms with E-state index < -0.39 is 0 Å². The highest BCUT2D eigenvalue weighted by Crippen LogP contribution is 2.17. The Bertz CT molecular complexity index is 348. The number of quaternary nitrogens is 1. The van der Waals surface area contributed by atoms with Crippen molar-refractivity contribution >= 4 is 5.91 Å². The number of amides is 1. The molecule has 0 spiro atoms. The molecule has 17 heavy (non-hydrogen) atoms. The summed E-state index contributed by atoms with van der Waals surface area (Å²) in [6, 6.07) is 10.4. The average Bonchev–Trinajstić information content (AvgIpc) is 2.28. The summed E-state index contributed by atoms with van der Waals surface area (Å²) in [5.74, 6) is 0.339. The van der Waals surface area contributed by atoms with Crippen LogP contribution in [0.1, 0.15) is 38.8 Å². The highest BCUT2D eigenvalue weighted by molar-refractivity contribution is 5.77. The lowest BCUT2D eigenvalue weighted by Crippen LogP contribution is -2.92. The predicted molar refractivity (Wildman–Crippen MR) is 69.2 cm³/mol. The van der Waals surface area contributed by atoms with Crippen LogP contribution in [0, 0.1) is 5.92 Å². The third-order valence-corrected chi connectivity index (χ3v) is 2.92. The molecule has 0 aliphatic carbocycles. The molecule has 0 aromatic heterocycles. The number of carbonyl (C=O) groups excluding carboxylic acids is 1. The van der Waals surface area contributed by atoms with E-state index in [0.717, 1.165) is 6.42 Å². The Morgan fingerprint density at radius 1 is 1.24 bits per heavy atom. The molecule has 1 rings (SSSR count). The molecule has 0 fully saturated rings. The van der Waals surface area contributed by atoms with E-state index in [0.29, 0.717) is 12.0 Å². The van der Waals surface area contributed by atoms with Gasteiger partial charge in [-0.1, -0.05) is 44.2 Å². The van der Waals surface area contributed by atoms with Gasteiger partial charge in [-0.15, -0.1) is 0 Å². The number of hydrogen-bond donors (Lipinski definition) is 2. The Labute approximate surface area is 103 Å². The van der Waals surface area contributed by atoms with E-state index in [-0.39, 0.29) is 11.9 Å². The zero-order chi connectivity index (χ0) is 12.8. The number of primary amides is 1. The molecule has 94 valence electrons. The van der Waals surface area contributed by atoms with E-state index in [1.54, 1.807) is 0 Å². The van der Waals surface area contributed by atoms with Gasteiger partial charge in [0.15, 0.2) is 6.04 Å². The first-order valence-electron chi connectivity index (χ1n) is 6.20. The smallest absolute Gasteiger partial charge is 0.275 e. The van der Waals surface area contributed by atoms with Gasteiger partial charge in [0.05, 0.1) is 0 Å². The topological polar surface area (TPSA) is 59.7 Å². The first kappa shape index (κ1) is 13.7. The van der Waals surface area contributed by atoms with Crippen molar-refractivity contribution in [3.05, 3.63) is 35.9 Å². The molecule has 0 bridgehead atoms. The zero-order valence-electron chi connectivity index (χ0n) is 10.9. The molecule has 0 saturated carbocycles. The lowest BCUT2D eigenvalue weighted by Gasteiger charge is -2.20. The van der Waals surface area contributed by atoms with E-state index in [1.165, 1.54) is 5.56 Å². The Morgan fingerprint density at radius 2 is 1.82 bits per heavy atom. The fourth-order valence-corrected chi connectivity index (χ4v) is 1.98. The highest BCUT2D eigenvalue weighted by Gasteiger charge is 2.22. The minimum atomic E-state index is -0.255. The van der Waals surface area contributed by atoms with Crippen molar-refractivity contribution in [1.29, 1.82) is 0 Å². The van der Waals surface area contributed by atoms with E-state index in [2.05, 4.69) is 31.3 Å². The van der Waals surface area contributed by atoms with Crippen molar-refractivity contribution in [1.82, 2.24) is 0 Å². The maximum Gasteiger partial charge on any atom is 0.275 e. The van der Waals surface area contributed by atoms with Crippen molar-refractivity contribution in [2.75, 3.05) is 0 Å². The fourth-order valence-electron chi connectivity index (χ4n) is 1.98. The van der Waals surface area contributed by atoms with Crippen molar-refractivity contribution in [3.8, 4) is 0 Å². The standard InChI is InChI=1S/C14H22N2O/c1-10(2)9-13(16-11(3)14(15)17)12-7-5-4-6-8-12/h4-8,10-11,13,16H,9H2,1-3H3,(H2,15,17)/p+1/t11-,13+/m0/s1. The fraction of sp³-hybridized carbons (Fsp3) is 0.500. The summed E-state index contributed by atoms with van der Waals surface area (Å²) in [6.07, 6.45) is 1.04. The summed E-state index contributed by atoms with van der Waals surface area (Å²) in [7, 11) is 0. The minimum Gasteiger partial charge on any atom is -0.365 e. The first-order chi connectivity index (χ1) is 8.00. The normalized spacial score (nSPS) is 14.6. The largest absolute Gasteiger partial charge is 0.365 e. The monoisotopic (exact) mass is 235 g/mol. The first-order valence-corrected chi connectivity index (χ1v) is 6.20. The number of rotatable bonds is 6. The van der Waals surface area contributed by atoms with Crippen LogP contribution < -0.4 is 11.1 Å². The molecule has 4 N–H and O–H groups in total. The summed E-state index contributed by atoms with van der Waals surface area (Å²) < 4.78 is 0. The van der Waals surface area contributed by atoms with E-state index in [1.807, 2.05) is 25.1 Å². The van der Waals surface area contributed by atoms with Gasteiger partial charge in [0.25, 0.3) is 5.91 Å². The van der Waals surface area contributed by atoms with Crippen LogP contribution in [0.2, 0.25) is 0 Å². The average molecular weight is 235 g/mol. The Morgan fingerprint density at radius 3 is 2.29 bits per heavy atom. The molecule has 1 amide bonds. The molecule has 0 aliphatic heterocycles. The van der Waals surface area contributed by atoms with Gasteiger partial charge < -0.3 is 11.1 Å². The summed E-state index contributed by atoms with van der Waals surface area (Å²) >= 11 is 0. The molecule has 3 heteroatoms. The van der Waals surface area contributed by atoms with Gasteiger partial charge in [0, 0.05) is 12.0 Å². The number of hydrogen-bond acceptors (Lipinski definition) is 1. The second kappa shape index (κ2) is 6.40. The maximum absolute atomic E-state index is 11.1. The van der Waals surface area contributed by atoms with Crippen LogP contribution in [0.5, 0.6) is 0 Å². The molecule has 1 aromatic carbocycles. The van der Waals surface area contributed by atoms with Crippen molar-refractivity contribution < 1.29 is 10.1 Å². The van der Waals surface area contributed by atoms with Crippen molar-refractivity contribution in [2.24, 2.45) is 11.7 Å². The Kier molecular flexibility index (Phi) is 5.16. The van der Waals surface area contributed by atoms with Crippen LogP contribution in [0.25, 0.3) is 0 Å². The third kappa shape index (κ3) is 4.57. The van der Waals surface area contributed by atoms with Crippen molar-refractivity contribution in [2.45, 2.75) is 39.3 Å². The molecule has 1 aromatic rings. The Balaban J connectivity index is 2.77. The lowest BCUT2D eigenvalue weighted by molar-refractivity contribution is -0.714. The summed E-state index contributed by atoms with van der Waals surface area (Å²) in [5.41, 5.74) is 6.58. The van der Waals surface area contributed by atoms with Gasteiger partial charge in [0.1, 0.15) is 6.04 Å². The number of nitrogens with two attached hydrogens (primary N) is 2. The molecule has 0 saturated heterocycles. The summed E-state index contributed by atoms with van der Waals surface area (Å²) in [4.78, 5) is 11.1. The lowest BCUT2D eigenvalue weighted by atomic mass is 9.96. The number of benzene rings is 1. The Hall–Kier alpha value is -1.35. The van der Waals surface area contributed by atoms with Crippen LogP contribution in [0.15, 0.2) is 30.3 Å². The van der Waals surface area contributed by atoms with Gasteiger partial charge in [0.2, 0.25) is 0 Å². The quantitative estimate of drug-likeness (QED) is 0.765. The van der Waals surface area contributed by atoms with Crippen LogP contribution >= 0.6 is 0 Å². The molecular formula is C14H23N2O+. The van der Waals surface area contributed by atoms with Crippen LogP contribution in [-0.2, 0) is 4.79 Å². The van der Waals surface area contributed by atoms with E-state index >= 15 is 0 Å². The molecule has 0 aliphatic rings. The van der Waals surface area contributed by atoms with Crippen LogP contribution in [0.4, 0.5) is 0 Å². The summed E-state index contributed by atoms with van der Waals surface area (Å²) in [6.45, 7) is 6.25. The zero-order valence-corrected chi connectivity index (χ0v) is 10.9. The molecule has 3 nitrogen and oxygen atoms in total. The van der Waals surface area contributed by atoms with Gasteiger partial charge >= 0.3 is 0 Å². The highest BCUT2D eigenvalue weighted by atomic mass is 16.1. The van der Waals surface area contributed by atoms with Crippen LogP contribution in [0.3, 0.4) is 0 Å². The van der Waals surface area contributed by atoms with Crippen LogP contribution in [-0.4, -0.2) is 11.9 Å². The second-order valence-corrected chi connectivity index (χ2v) is 5.03. The van der Waals surface area contributed by atoms with E-state index in [4.69, 9.17) is 5.73 Å². The molecule has 0 unspecified atom stereocenters. The molecular weight excluding hydrogens is 212 g/mol.